The lowest BCUT2D eigenvalue weighted by molar-refractivity contribution is -0.124. The molecule has 27 heavy (non-hydrogen) atoms. The monoisotopic (exact) mass is 371 g/mol. The minimum Gasteiger partial charge on any atom is -0.493 e. The van der Waals surface area contributed by atoms with Gasteiger partial charge in [0.1, 0.15) is 6.61 Å². The number of nitrogens with one attached hydrogen (secondary N) is 1. The summed E-state index contributed by atoms with van der Waals surface area (Å²) in [5.41, 5.74) is 7.96. The lowest BCUT2D eigenvalue weighted by atomic mass is 9.98. The number of rotatable bonds is 9. The van der Waals surface area contributed by atoms with E-state index in [1.54, 1.807) is 19.5 Å². The van der Waals surface area contributed by atoms with Gasteiger partial charge >= 0.3 is 0 Å². The smallest absolute Gasteiger partial charge is 0.237 e. The van der Waals surface area contributed by atoms with Crippen LogP contribution in [0.15, 0.2) is 42.7 Å². The maximum Gasteiger partial charge on any atom is 0.237 e. The zero-order valence-corrected chi connectivity index (χ0v) is 16.4. The minimum atomic E-state index is -0.512. The van der Waals surface area contributed by atoms with Gasteiger partial charge in [0, 0.05) is 12.4 Å². The first-order valence-corrected chi connectivity index (χ1v) is 9.21. The molecule has 0 fully saturated rings. The van der Waals surface area contributed by atoms with Crippen molar-refractivity contribution in [3.8, 4) is 11.5 Å². The highest BCUT2D eigenvalue weighted by molar-refractivity contribution is 5.82. The Morgan fingerprint density at radius 2 is 1.89 bits per heavy atom. The van der Waals surface area contributed by atoms with Crippen LogP contribution in [0.5, 0.6) is 11.5 Å². The van der Waals surface area contributed by atoms with Crippen LogP contribution in [0.1, 0.15) is 44.4 Å². The average Bonchev–Trinajstić information content (AvgIpc) is 2.71. The SMILES string of the molecule is CCC(C)C(N)C(=O)NC(C)c1ccc(OCc2ccncc2)c(OC)c1. The summed E-state index contributed by atoms with van der Waals surface area (Å²) in [5.74, 6) is 1.26. The molecule has 3 atom stereocenters. The van der Waals surface area contributed by atoms with E-state index < -0.39 is 6.04 Å². The quantitative estimate of drug-likeness (QED) is 0.707. The van der Waals surface area contributed by atoms with Crippen LogP contribution in [0, 0.1) is 5.92 Å². The van der Waals surface area contributed by atoms with E-state index in [0.717, 1.165) is 17.5 Å². The second kappa shape index (κ2) is 9.92. The third-order valence-corrected chi connectivity index (χ3v) is 4.75. The molecule has 2 rings (SSSR count). The van der Waals surface area contributed by atoms with Crippen LogP contribution in [-0.2, 0) is 11.4 Å². The fourth-order valence-electron chi connectivity index (χ4n) is 2.62. The van der Waals surface area contributed by atoms with Crippen molar-refractivity contribution in [1.82, 2.24) is 10.3 Å². The number of nitrogens with zero attached hydrogens (tertiary/aromatic N) is 1. The van der Waals surface area contributed by atoms with Crippen molar-refractivity contribution in [2.45, 2.75) is 45.9 Å². The molecule has 0 radical (unpaired) electrons. The van der Waals surface area contributed by atoms with Crippen LogP contribution in [-0.4, -0.2) is 24.0 Å². The topological polar surface area (TPSA) is 86.5 Å². The molecule has 6 heteroatoms. The zero-order chi connectivity index (χ0) is 19.8. The van der Waals surface area contributed by atoms with E-state index in [1.165, 1.54) is 0 Å². The molecule has 3 unspecified atom stereocenters. The van der Waals surface area contributed by atoms with Gasteiger partial charge in [-0.15, -0.1) is 0 Å². The van der Waals surface area contributed by atoms with Gasteiger partial charge in [0.15, 0.2) is 11.5 Å². The summed E-state index contributed by atoms with van der Waals surface area (Å²) in [5, 5.41) is 2.97. The summed E-state index contributed by atoms with van der Waals surface area (Å²) >= 11 is 0. The van der Waals surface area contributed by atoms with Crippen molar-refractivity contribution in [2.24, 2.45) is 11.7 Å². The first kappa shape index (κ1) is 20.7. The molecular formula is C21H29N3O3. The third-order valence-electron chi connectivity index (χ3n) is 4.75. The molecule has 0 bridgehead atoms. The standard InChI is InChI=1S/C21H29N3O3/c1-5-14(2)20(22)21(25)24-15(3)17-6-7-18(19(12-17)26-4)27-13-16-8-10-23-11-9-16/h6-12,14-15,20H,5,13,22H2,1-4H3,(H,24,25). The number of carbonyl (C=O) groups excluding carboxylic acids is 1. The van der Waals surface area contributed by atoms with E-state index in [1.807, 2.05) is 51.1 Å². The van der Waals surface area contributed by atoms with Crippen molar-refractivity contribution in [2.75, 3.05) is 7.11 Å². The first-order valence-electron chi connectivity index (χ1n) is 9.21. The molecule has 1 heterocycles. The number of pyridine rings is 1. The van der Waals surface area contributed by atoms with Gasteiger partial charge < -0.3 is 20.5 Å². The van der Waals surface area contributed by atoms with Gasteiger partial charge in [-0.3, -0.25) is 9.78 Å². The van der Waals surface area contributed by atoms with E-state index in [-0.39, 0.29) is 17.9 Å². The lowest BCUT2D eigenvalue weighted by Crippen LogP contribution is -2.45. The Balaban J connectivity index is 2.04. The fraction of sp³-hybridized carbons (Fsp3) is 0.429. The molecule has 0 saturated carbocycles. The van der Waals surface area contributed by atoms with Crippen molar-refractivity contribution in [3.05, 3.63) is 53.9 Å². The Morgan fingerprint density at radius 1 is 1.19 bits per heavy atom. The number of methoxy groups -OCH3 is 1. The van der Waals surface area contributed by atoms with Crippen LogP contribution in [0.2, 0.25) is 0 Å². The molecular weight excluding hydrogens is 342 g/mol. The summed E-state index contributed by atoms with van der Waals surface area (Å²) in [6, 6.07) is 8.76. The Bertz CT molecular complexity index is 737. The Labute approximate surface area is 161 Å². The van der Waals surface area contributed by atoms with Gasteiger partial charge in [0.05, 0.1) is 19.2 Å². The molecule has 0 saturated heterocycles. The number of ether oxygens (including phenoxy) is 2. The molecule has 6 nitrogen and oxygen atoms in total. The van der Waals surface area contributed by atoms with Gasteiger partial charge in [0.2, 0.25) is 5.91 Å². The summed E-state index contributed by atoms with van der Waals surface area (Å²) in [6.07, 6.45) is 4.32. The molecule has 1 aromatic carbocycles. The molecule has 1 amide bonds. The third kappa shape index (κ3) is 5.69. The van der Waals surface area contributed by atoms with Gasteiger partial charge in [-0.2, -0.15) is 0 Å². The van der Waals surface area contributed by atoms with Crippen molar-refractivity contribution in [1.29, 1.82) is 0 Å². The second-order valence-electron chi connectivity index (χ2n) is 6.70. The molecule has 0 spiro atoms. The lowest BCUT2D eigenvalue weighted by Gasteiger charge is -2.22. The van der Waals surface area contributed by atoms with Crippen molar-refractivity contribution in [3.63, 3.8) is 0 Å². The molecule has 0 aliphatic rings. The van der Waals surface area contributed by atoms with Gasteiger partial charge in [0.25, 0.3) is 0 Å². The van der Waals surface area contributed by atoms with Crippen molar-refractivity contribution < 1.29 is 14.3 Å². The minimum absolute atomic E-state index is 0.135. The predicted octanol–water partition coefficient (Wildman–Crippen LogP) is 3.22. The van der Waals surface area contributed by atoms with E-state index in [2.05, 4.69) is 10.3 Å². The Morgan fingerprint density at radius 3 is 2.52 bits per heavy atom. The van der Waals surface area contributed by atoms with E-state index in [0.29, 0.717) is 18.1 Å². The van der Waals surface area contributed by atoms with E-state index >= 15 is 0 Å². The maximum atomic E-state index is 12.3. The van der Waals surface area contributed by atoms with Crippen LogP contribution < -0.4 is 20.5 Å². The number of aromatic nitrogens is 1. The van der Waals surface area contributed by atoms with Gasteiger partial charge in [-0.05, 0) is 48.2 Å². The number of hydrogen-bond acceptors (Lipinski definition) is 5. The number of carbonyl (C=O) groups is 1. The van der Waals surface area contributed by atoms with Crippen molar-refractivity contribution >= 4 is 5.91 Å². The number of nitrogens with two attached hydrogens (primary N) is 1. The summed E-state index contributed by atoms with van der Waals surface area (Å²) in [4.78, 5) is 16.3. The molecule has 3 N–H and O–H groups in total. The Hall–Kier alpha value is -2.60. The molecule has 0 aliphatic heterocycles. The summed E-state index contributed by atoms with van der Waals surface area (Å²) in [6.45, 7) is 6.35. The molecule has 2 aromatic rings. The summed E-state index contributed by atoms with van der Waals surface area (Å²) < 4.78 is 11.3. The highest BCUT2D eigenvalue weighted by Gasteiger charge is 2.21. The molecule has 146 valence electrons. The largest absolute Gasteiger partial charge is 0.493 e. The normalized spacial score (nSPS) is 14.1. The van der Waals surface area contributed by atoms with E-state index in [4.69, 9.17) is 15.2 Å². The van der Waals surface area contributed by atoms with Crippen LogP contribution >= 0.6 is 0 Å². The van der Waals surface area contributed by atoms with E-state index in [9.17, 15) is 4.79 Å². The predicted molar refractivity (Wildman–Crippen MR) is 106 cm³/mol. The fourth-order valence-corrected chi connectivity index (χ4v) is 2.62. The first-order chi connectivity index (χ1) is 13.0. The summed E-state index contributed by atoms with van der Waals surface area (Å²) in [7, 11) is 1.60. The Kier molecular flexibility index (Phi) is 7.61. The van der Waals surface area contributed by atoms with Gasteiger partial charge in [-0.1, -0.05) is 26.3 Å². The average molecular weight is 371 g/mol. The van der Waals surface area contributed by atoms with Crippen LogP contribution in [0.25, 0.3) is 0 Å². The maximum absolute atomic E-state index is 12.3. The molecule has 0 aliphatic carbocycles. The number of benzene rings is 1. The van der Waals surface area contributed by atoms with Gasteiger partial charge in [-0.25, -0.2) is 0 Å². The number of amides is 1. The highest BCUT2D eigenvalue weighted by Crippen LogP contribution is 2.31. The van der Waals surface area contributed by atoms with Crippen LogP contribution in [0.4, 0.5) is 0 Å². The van der Waals surface area contributed by atoms with Crippen LogP contribution in [0.3, 0.4) is 0 Å². The molecule has 1 aromatic heterocycles. The zero-order valence-electron chi connectivity index (χ0n) is 16.4. The highest BCUT2D eigenvalue weighted by atomic mass is 16.5. The number of hydrogen-bond donors (Lipinski definition) is 2. The second-order valence-corrected chi connectivity index (χ2v) is 6.70.